The summed E-state index contributed by atoms with van der Waals surface area (Å²) < 4.78 is 5.09. The third-order valence-corrected chi connectivity index (χ3v) is 3.31. The second kappa shape index (κ2) is 9.94. The van der Waals surface area contributed by atoms with Crippen molar-refractivity contribution in [2.75, 3.05) is 0 Å². The average Bonchev–Trinajstić information content (AvgIpc) is 2.58. The van der Waals surface area contributed by atoms with Crippen LogP contribution in [0.2, 0.25) is 0 Å². The van der Waals surface area contributed by atoms with E-state index < -0.39 is 30.0 Å². The van der Waals surface area contributed by atoms with Crippen LogP contribution in [0.5, 0.6) is 0 Å². The maximum atomic E-state index is 12.2. The van der Waals surface area contributed by atoms with Crippen molar-refractivity contribution >= 4 is 17.9 Å². The highest BCUT2D eigenvalue weighted by molar-refractivity contribution is 5.91. The molecule has 25 heavy (non-hydrogen) atoms. The normalized spacial score (nSPS) is 12.5. The number of hydrogen-bond donors (Lipinski definition) is 2. The molecule has 3 amide bonds. The van der Waals surface area contributed by atoms with Gasteiger partial charge >= 0.3 is 6.09 Å². The minimum absolute atomic E-state index is 0.0743. The molecule has 0 aliphatic heterocycles. The van der Waals surface area contributed by atoms with Gasteiger partial charge in [-0.1, -0.05) is 44.2 Å². The van der Waals surface area contributed by atoms with E-state index in [1.807, 2.05) is 30.3 Å². The number of nitrogens with one attached hydrogen (secondary N) is 2. The molecule has 1 aromatic carbocycles. The summed E-state index contributed by atoms with van der Waals surface area (Å²) in [5.74, 6) is -1.63. The molecule has 0 fully saturated rings. The van der Waals surface area contributed by atoms with Crippen LogP contribution in [-0.4, -0.2) is 30.0 Å². The van der Waals surface area contributed by atoms with Crippen LogP contribution < -0.4 is 10.6 Å². The first-order valence-corrected chi connectivity index (χ1v) is 7.71. The lowest BCUT2D eigenvalue weighted by Crippen LogP contribution is -2.52. The molecule has 0 saturated carbocycles. The van der Waals surface area contributed by atoms with E-state index >= 15 is 0 Å². The monoisotopic (exact) mass is 347 g/mol. The number of azide groups is 1. The Bertz CT molecular complexity index is 656. The zero-order valence-corrected chi connectivity index (χ0v) is 14.3. The Balaban J connectivity index is 2.60. The summed E-state index contributed by atoms with van der Waals surface area (Å²) in [6, 6.07) is 7.22. The average molecular weight is 347 g/mol. The maximum absolute atomic E-state index is 12.2. The summed E-state index contributed by atoms with van der Waals surface area (Å²) >= 11 is 0. The van der Waals surface area contributed by atoms with E-state index in [2.05, 4.69) is 20.7 Å². The molecule has 2 N–H and O–H groups in total. The lowest BCUT2D eigenvalue weighted by atomic mass is 10.0. The molecule has 2 atom stereocenters. The van der Waals surface area contributed by atoms with Gasteiger partial charge in [0.25, 0.3) is 0 Å². The minimum Gasteiger partial charge on any atom is -0.445 e. The van der Waals surface area contributed by atoms with E-state index in [1.165, 1.54) is 6.92 Å². The second-order valence-corrected chi connectivity index (χ2v) is 5.69. The van der Waals surface area contributed by atoms with Crippen LogP contribution in [0.4, 0.5) is 4.79 Å². The molecule has 0 radical (unpaired) electrons. The van der Waals surface area contributed by atoms with Gasteiger partial charge in [0.05, 0.1) is 6.04 Å². The second-order valence-electron chi connectivity index (χ2n) is 5.69. The number of carbonyl (C=O) groups excluding carboxylic acids is 3. The van der Waals surface area contributed by atoms with Gasteiger partial charge in [0.1, 0.15) is 12.6 Å². The number of rotatable bonds is 7. The molecule has 0 spiro atoms. The van der Waals surface area contributed by atoms with E-state index in [4.69, 9.17) is 10.3 Å². The largest absolute Gasteiger partial charge is 0.445 e. The highest BCUT2D eigenvalue weighted by Gasteiger charge is 2.27. The van der Waals surface area contributed by atoms with Gasteiger partial charge in [-0.2, -0.15) is 0 Å². The number of hydrogen-bond acceptors (Lipinski definition) is 4. The van der Waals surface area contributed by atoms with Crippen molar-refractivity contribution < 1.29 is 19.1 Å². The SMILES string of the molecule is CC(C)[C@H](NC(=O)OCc1ccccc1)C(=O)N[C@@H](C)C(=O)N=[N+]=[N-]. The van der Waals surface area contributed by atoms with Crippen LogP contribution in [0.25, 0.3) is 10.4 Å². The quantitative estimate of drug-likeness (QED) is 0.444. The molecular formula is C16H21N5O4. The first-order chi connectivity index (χ1) is 11.8. The van der Waals surface area contributed by atoms with E-state index in [0.717, 1.165) is 5.56 Å². The number of benzene rings is 1. The van der Waals surface area contributed by atoms with Crippen LogP contribution in [0.3, 0.4) is 0 Å². The Hall–Kier alpha value is -3.06. The van der Waals surface area contributed by atoms with Crippen molar-refractivity contribution in [3.63, 3.8) is 0 Å². The van der Waals surface area contributed by atoms with E-state index in [9.17, 15) is 14.4 Å². The molecule has 0 heterocycles. The molecule has 0 aliphatic carbocycles. The fraction of sp³-hybridized carbons (Fsp3) is 0.438. The fourth-order valence-electron chi connectivity index (χ4n) is 1.92. The zero-order chi connectivity index (χ0) is 18.8. The van der Waals surface area contributed by atoms with Crippen LogP contribution in [0, 0.1) is 5.92 Å². The highest BCUT2D eigenvalue weighted by atomic mass is 16.5. The molecular weight excluding hydrogens is 326 g/mol. The molecule has 1 aromatic rings. The topological polar surface area (TPSA) is 133 Å². The van der Waals surface area contributed by atoms with Crippen molar-refractivity contribution in [3.8, 4) is 0 Å². The van der Waals surface area contributed by atoms with Gasteiger partial charge in [-0.25, -0.2) is 4.79 Å². The Kier molecular flexibility index (Phi) is 7.95. The summed E-state index contributed by atoms with van der Waals surface area (Å²) in [5.41, 5.74) is 9.06. The zero-order valence-electron chi connectivity index (χ0n) is 14.3. The van der Waals surface area contributed by atoms with Crippen molar-refractivity contribution in [1.82, 2.24) is 10.6 Å². The van der Waals surface area contributed by atoms with E-state index in [1.54, 1.807) is 13.8 Å². The Labute approximate surface area is 145 Å². The van der Waals surface area contributed by atoms with Crippen molar-refractivity contribution in [2.24, 2.45) is 11.0 Å². The van der Waals surface area contributed by atoms with Crippen molar-refractivity contribution in [3.05, 3.63) is 46.3 Å². The van der Waals surface area contributed by atoms with Gasteiger partial charge in [-0.15, -0.1) is 0 Å². The third kappa shape index (κ3) is 6.92. The lowest BCUT2D eigenvalue weighted by Gasteiger charge is -2.22. The maximum Gasteiger partial charge on any atom is 0.408 e. The van der Waals surface area contributed by atoms with Crippen LogP contribution in [0.1, 0.15) is 26.3 Å². The lowest BCUT2D eigenvalue weighted by molar-refractivity contribution is -0.128. The van der Waals surface area contributed by atoms with Gasteiger partial charge < -0.3 is 15.4 Å². The molecule has 9 heteroatoms. The Morgan fingerprint density at radius 2 is 1.80 bits per heavy atom. The molecule has 0 aromatic heterocycles. The smallest absolute Gasteiger partial charge is 0.408 e. The molecule has 0 saturated heterocycles. The molecule has 134 valence electrons. The number of alkyl carbamates (subject to hydrolysis) is 1. The van der Waals surface area contributed by atoms with E-state index in [0.29, 0.717) is 0 Å². The van der Waals surface area contributed by atoms with Crippen LogP contribution >= 0.6 is 0 Å². The molecule has 0 unspecified atom stereocenters. The number of nitrogens with zero attached hydrogens (tertiary/aromatic N) is 3. The number of carbonyl (C=O) groups is 3. The molecule has 9 nitrogen and oxygen atoms in total. The van der Waals surface area contributed by atoms with Crippen molar-refractivity contribution in [1.29, 1.82) is 0 Å². The van der Waals surface area contributed by atoms with Gasteiger partial charge in [-0.3, -0.25) is 9.59 Å². The van der Waals surface area contributed by atoms with Crippen molar-refractivity contribution in [2.45, 2.75) is 39.5 Å². The van der Waals surface area contributed by atoms with Gasteiger partial charge in [0, 0.05) is 4.91 Å². The van der Waals surface area contributed by atoms with Gasteiger partial charge in [-0.05, 0) is 29.1 Å². The minimum atomic E-state index is -0.994. The number of ether oxygens (including phenoxy) is 1. The summed E-state index contributed by atoms with van der Waals surface area (Å²) in [6.07, 6.45) is -0.744. The molecule has 1 rings (SSSR count). The first-order valence-electron chi connectivity index (χ1n) is 7.71. The standard InChI is InChI=1S/C16H21N5O4/c1-10(2)13(15(23)18-11(3)14(22)20-21-17)19-16(24)25-9-12-7-5-4-6-8-12/h4-8,10-11,13H,9H2,1-3H3,(H,18,23)(H,19,24)/t11-,13-/m0/s1. The first kappa shape index (κ1) is 20.0. The predicted molar refractivity (Wildman–Crippen MR) is 90.1 cm³/mol. The predicted octanol–water partition coefficient (Wildman–Crippen LogP) is 2.28. The number of amides is 3. The highest BCUT2D eigenvalue weighted by Crippen LogP contribution is 2.05. The summed E-state index contributed by atoms with van der Waals surface area (Å²) in [6.45, 7) is 4.94. The third-order valence-electron chi connectivity index (χ3n) is 3.31. The van der Waals surface area contributed by atoms with Gasteiger partial charge in [0.2, 0.25) is 11.8 Å². The van der Waals surface area contributed by atoms with Crippen LogP contribution in [0.15, 0.2) is 35.4 Å². The van der Waals surface area contributed by atoms with E-state index in [-0.39, 0.29) is 12.5 Å². The Morgan fingerprint density at radius 3 is 2.36 bits per heavy atom. The van der Waals surface area contributed by atoms with Crippen LogP contribution in [-0.2, 0) is 20.9 Å². The fourth-order valence-corrected chi connectivity index (χ4v) is 1.92. The Morgan fingerprint density at radius 1 is 1.16 bits per heavy atom. The summed E-state index contributed by atoms with van der Waals surface area (Å²) in [7, 11) is 0. The molecule has 0 bridgehead atoms. The molecule has 0 aliphatic rings. The summed E-state index contributed by atoms with van der Waals surface area (Å²) in [4.78, 5) is 37.9. The summed E-state index contributed by atoms with van der Waals surface area (Å²) in [5, 5.41) is 7.80. The van der Waals surface area contributed by atoms with Gasteiger partial charge in [0.15, 0.2) is 0 Å².